The summed E-state index contributed by atoms with van der Waals surface area (Å²) in [6, 6.07) is 10.1. The molecule has 0 spiro atoms. The highest BCUT2D eigenvalue weighted by Crippen LogP contribution is 2.04. The Morgan fingerprint density at radius 2 is 1.75 bits per heavy atom. The number of hydrogen-bond acceptors (Lipinski definition) is 0. The molecule has 0 aliphatic heterocycles. The van der Waals surface area contributed by atoms with E-state index < -0.39 is 0 Å². The molecule has 0 heterocycles. The summed E-state index contributed by atoms with van der Waals surface area (Å²) in [6.45, 7) is 0. The minimum atomic E-state index is 0. The molecule has 1 rings (SSSR count). The lowest BCUT2D eigenvalue weighted by Gasteiger charge is -1.95. The Labute approximate surface area is 82.3 Å². The van der Waals surface area contributed by atoms with Gasteiger partial charge in [-0.25, -0.2) is 0 Å². The Morgan fingerprint density at radius 1 is 1.17 bits per heavy atom. The molecule has 0 radical (unpaired) electrons. The predicted octanol–water partition coefficient (Wildman–Crippen LogP) is 1.08. The van der Waals surface area contributed by atoms with Gasteiger partial charge in [0.2, 0.25) is 0 Å². The maximum absolute atomic E-state index is 5.32. The number of hydrogen-bond donors (Lipinski definition) is 3. The molecule has 0 aromatic heterocycles. The molecule has 0 aliphatic carbocycles. The zero-order valence-electron chi connectivity index (χ0n) is 6.60. The van der Waals surface area contributed by atoms with Gasteiger partial charge in [-0.3, -0.25) is 11.5 Å². The van der Waals surface area contributed by atoms with Gasteiger partial charge in [-0.1, -0.05) is 30.3 Å². The van der Waals surface area contributed by atoms with Crippen molar-refractivity contribution in [2.75, 3.05) is 0 Å². The van der Waals surface area contributed by atoms with Crippen molar-refractivity contribution in [3.8, 4) is 0 Å². The van der Waals surface area contributed by atoms with E-state index in [1.807, 2.05) is 18.2 Å². The van der Waals surface area contributed by atoms with E-state index in [-0.39, 0.29) is 12.4 Å². The quantitative estimate of drug-likeness (QED) is 0.499. The Morgan fingerprint density at radius 3 is 2.25 bits per heavy atom. The number of halogens is 1. The van der Waals surface area contributed by atoms with Gasteiger partial charge in [-0.15, -0.1) is 12.4 Å². The van der Waals surface area contributed by atoms with Gasteiger partial charge in [0, 0.05) is 5.75 Å². The largest absolute Gasteiger partial charge is 0.289 e. The molecular formula is C8H13ClN2S. The monoisotopic (exact) mass is 204 g/mol. The highest BCUT2D eigenvalue weighted by atomic mass is 35.5. The smallest absolute Gasteiger partial charge is 0.0748 e. The molecule has 0 saturated heterocycles. The minimum Gasteiger partial charge on any atom is -0.289 e. The van der Waals surface area contributed by atoms with Crippen LogP contribution in [0.15, 0.2) is 30.3 Å². The molecule has 0 atom stereocenters. The van der Waals surface area contributed by atoms with E-state index in [0.717, 1.165) is 17.1 Å². The molecule has 12 heavy (non-hydrogen) atoms. The highest BCUT2D eigenvalue weighted by Gasteiger charge is 1.85. The standard InChI is InChI=1S/C8H12N2S.ClH/c9-8(10)11-6-7-4-2-1-3-5-7;/h1-5,11H,6,9-10H2;1H. The molecule has 68 valence electrons. The Kier molecular flexibility index (Phi) is 6.02. The molecule has 0 fully saturated rings. The zero-order valence-corrected chi connectivity index (χ0v) is 8.31. The average Bonchev–Trinajstić information content (AvgIpc) is 2.03. The van der Waals surface area contributed by atoms with Crippen molar-refractivity contribution in [1.82, 2.24) is 0 Å². The molecule has 1 aromatic rings. The van der Waals surface area contributed by atoms with Crippen LogP contribution in [0.25, 0.3) is 0 Å². The van der Waals surface area contributed by atoms with E-state index >= 15 is 0 Å². The fourth-order valence-corrected chi connectivity index (χ4v) is 1.34. The molecule has 4 heteroatoms. The van der Waals surface area contributed by atoms with Crippen molar-refractivity contribution in [2.24, 2.45) is 11.5 Å². The lowest BCUT2D eigenvalue weighted by Crippen LogP contribution is -2.20. The fourth-order valence-electron chi connectivity index (χ4n) is 0.766. The van der Waals surface area contributed by atoms with Crippen LogP contribution in [0.4, 0.5) is 0 Å². The van der Waals surface area contributed by atoms with Crippen LogP contribution in [-0.2, 0) is 5.75 Å². The second kappa shape index (κ2) is 6.20. The summed E-state index contributed by atoms with van der Waals surface area (Å²) in [7, 11) is 0. The van der Waals surface area contributed by atoms with Crippen LogP contribution in [0.2, 0.25) is 0 Å². The summed E-state index contributed by atoms with van der Waals surface area (Å²) in [4.78, 5) is 0. The Bertz CT molecular complexity index is 244. The van der Waals surface area contributed by atoms with Crippen molar-refractivity contribution >= 4 is 28.9 Å². The minimum absolute atomic E-state index is 0. The van der Waals surface area contributed by atoms with E-state index in [1.165, 1.54) is 5.56 Å². The maximum atomic E-state index is 5.32. The van der Waals surface area contributed by atoms with E-state index in [4.69, 9.17) is 11.5 Å². The van der Waals surface area contributed by atoms with Crippen molar-refractivity contribution < 1.29 is 0 Å². The second-order valence-electron chi connectivity index (χ2n) is 2.23. The molecular weight excluding hydrogens is 192 g/mol. The van der Waals surface area contributed by atoms with Gasteiger partial charge in [0.25, 0.3) is 0 Å². The lowest BCUT2D eigenvalue weighted by molar-refractivity contribution is 1.42. The van der Waals surface area contributed by atoms with Crippen LogP contribution < -0.4 is 11.5 Å². The van der Waals surface area contributed by atoms with Crippen LogP contribution in [0.1, 0.15) is 5.56 Å². The Balaban J connectivity index is 0.00000121. The second-order valence-corrected chi connectivity index (χ2v) is 3.38. The van der Waals surface area contributed by atoms with Crippen LogP contribution in [0, 0.1) is 0 Å². The molecule has 0 bridgehead atoms. The van der Waals surface area contributed by atoms with Crippen LogP contribution >= 0.6 is 23.8 Å². The molecule has 2 nitrogen and oxygen atoms in total. The molecule has 0 unspecified atom stereocenters. The van der Waals surface area contributed by atoms with Crippen LogP contribution in [-0.4, -0.2) is 5.11 Å². The topological polar surface area (TPSA) is 52.0 Å². The third-order valence-corrected chi connectivity index (χ3v) is 2.18. The predicted molar refractivity (Wildman–Crippen MR) is 59.8 cm³/mol. The van der Waals surface area contributed by atoms with E-state index in [0.29, 0.717) is 5.11 Å². The van der Waals surface area contributed by atoms with Gasteiger partial charge in [-0.2, -0.15) is 11.4 Å². The first-order chi connectivity index (χ1) is 5.29. The first kappa shape index (κ1) is 11.6. The van der Waals surface area contributed by atoms with Gasteiger partial charge in [0.1, 0.15) is 0 Å². The van der Waals surface area contributed by atoms with Crippen molar-refractivity contribution in [1.29, 1.82) is 0 Å². The normalized spacial score (nSPS) is 8.83. The molecule has 4 N–H and O–H groups in total. The number of rotatable bonds is 2. The molecule has 0 aliphatic rings. The highest BCUT2D eigenvalue weighted by molar-refractivity contribution is 7.97. The van der Waals surface area contributed by atoms with Gasteiger partial charge in [0.05, 0.1) is 5.11 Å². The summed E-state index contributed by atoms with van der Waals surface area (Å²) in [6.07, 6.45) is 0. The van der Waals surface area contributed by atoms with Crippen LogP contribution in [0.3, 0.4) is 0 Å². The molecule has 0 saturated carbocycles. The van der Waals surface area contributed by atoms with Gasteiger partial charge in [0.15, 0.2) is 0 Å². The SMILES string of the molecule is Cl.NC(N)=[SH]Cc1ccccc1. The third kappa shape index (κ3) is 4.51. The summed E-state index contributed by atoms with van der Waals surface area (Å²) < 4.78 is 0. The summed E-state index contributed by atoms with van der Waals surface area (Å²) in [5, 5.41) is 0.480. The first-order valence-electron chi connectivity index (χ1n) is 3.38. The van der Waals surface area contributed by atoms with E-state index in [2.05, 4.69) is 12.1 Å². The van der Waals surface area contributed by atoms with E-state index in [1.54, 1.807) is 0 Å². The first-order valence-corrected chi connectivity index (χ1v) is 4.46. The fraction of sp³-hybridized carbons (Fsp3) is 0.125. The average molecular weight is 205 g/mol. The van der Waals surface area contributed by atoms with Gasteiger partial charge >= 0.3 is 0 Å². The van der Waals surface area contributed by atoms with Gasteiger partial charge in [-0.05, 0) is 5.56 Å². The van der Waals surface area contributed by atoms with Gasteiger partial charge < -0.3 is 0 Å². The van der Waals surface area contributed by atoms with E-state index in [9.17, 15) is 0 Å². The lowest BCUT2D eigenvalue weighted by atomic mass is 10.2. The number of nitrogens with two attached hydrogens (primary N) is 2. The number of thiol groups is 1. The summed E-state index contributed by atoms with van der Waals surface area (Å²) in [5.41, 5.74) is 11.9. The summed E-state index contributed by atoms with van der Waals surface area (Å²) in [5.74, 6) is 0.906. The summed E-state index contributed by atoms with van der Waals surface area (Å²) >= 11 is 0.997. The molecule has 0 amide bonds. The van der Waals surface area contributed by atoms with Crippen molar-refractivity contribution in [2.45, 2.75) is 5.75 Å². The van der Waals surface area contributed by atoms with Crippen molar-refractivity contribution in [3.05, 3.63) is 35.9 Å². The maximum Gasteiger partial charge on any atom is 0.0748 e. The zero-order chi connectivity index (χ0) is 8.10. The Hall–Kier alpha value is -0.350. The van der Waals surface area contributed by atoms with Crippen molar-refractivity contribution in [3.63, 3.8) is 0 Å². The van der Waals surface area contributed by atoms with Crippen LogP contribution in [0.5, 0.6) is 0 Å². The molecule has 1 aromatic carbocycles. The number of benzene rings is 1. The third-order valence-electron chi connectivity index (χ3n) is 1.29.